The molecule has 0 aliphatic rings. The Balaban J connectivity index is 0.000000262. The summed E-state index contributed by atoms with van der Waals surface area (Å²) in [7, 11) is 1.00. The summed E-state index contributed by atoms with van der Waals surface area (Å²) < 4.78 is 0. The minimum absolute atomic E-state index is 0. The molecule has 0 fully saturated rings. The van der Waals surface area contributed by atoms with Gasteiger partial charge in [-0.3, -0.25) is 14.6 Å². The molecule has 13 nitrogen and oxygen atoms in total. The SMILES string of the molecule is CC(=O)C(O)C(Cc1ccccc1)NCc1ccccc1.CO.N#CC(O)C(Cc1ccccc1)N(COOCc1ccccc1)Cc1ccccc1.O=CC(Cc1ccccc1)N(COOCc1ccccc1)Cc1ccccc1.[Ac]. The molecule has 0 saturated heterocycles. The first kappa shape index (κ1) is 68.1. The number of rotatable bonds is 29. The van der Waals surface area contributed by atoms with Gasteiger partial charge in [0.1, 0.15) is 39.1 Å². The average molecular weight is 1320 g/mol. The number of Topliss-reactive ketones (excluding diaryl/α,β-unsaturated/α-hetero) is 1. The van der Waals surface area contributed by atoms with Crippen LogP contribution in [-0.2, 0) is 81.2 Å². The van der Waals surface area contributed by atoms with E-state index in [1.807, 2.05) is 259 Å². The Morgan fingerprint density at radius 3 is 1.20 bits per heavy atom. The Hall–Kier alpha value is -6.37. The number of carbonyl (C=O) groups is 2. The molecule has 4 N–H and O–H groups in total. The van der Waals surface area contributed by atoms with Crippen molar-refractivity contribution in [2.75, 3.05) is 20.6 Å². The molecule has 0 spiro atoms. The van der Waals surface area contributed by atoms with Gasteiger partial charge >= 0.3 is 0 Å². The molecule has 0 heterocycles. The second-order valence-corrected chi connectivity index (χ2v) is 18.9. The van der Waals surface area contributed by atoms with Crippen molar-refractivity contribution in [3.8, 4) is 6.07 Å². The molecule has 82 heavy (non-hydrogen) atoms. The molecule has 425 valence electrons. The maximum absolute atomic E-state index is 11.9. The zero-order valence-electron chi connectivity index (χ0n) is 46.8. The van der Waals surface area contributed by atoms with E-state index in [2.05, 4.69) is 5.32 Å². The van der Waals surface area contributed by atoms with Crippen molar-refractivity contribution >= 4 is 12.1 Å². The van der Waals surface area contributed by atoms with E-state index >= 15 is 0 Å². The van der Waals surface area contributed by atoms with Crippen molar-refractivity contribution in [2.45, 2.75) is 89.4 Å². The molecule has 14 heteroatoms. The molecule has 0 aliphatic heterocycles. The van der Waals surface area contributed by atoms with E-state index in [0.29, 0.717) is 52.1 Å². The molecule has 8 aromatic carbocycles. The minimum Gasteiger partial charge on any atom is -0.400 e. The smallest absolute Gasteiger partial charge is 0.159 e. The maximum atomic E-state index is 11.9. The maximum Gasteiger partial charge on any atom is 0.159 e. The summed E-state index contributed by atoms with van der Waals surface area (Å²) in [4.78, 5) is 49.0. The topological polar surface area (TPSA) is 174 Å². The number of ketones is 1. The molecule has 0 amide bonds. The van der Waals surface area contributed by atoms with Crippen LogP contribution in [0.25, 0.3) is 0 Å². The van der Waals surface area contributed by atoms with Crippen LogP contribution in [0.4, 0.5) is 0 Å². The van der Waals surface area contributed by atoms with Crippen molar-refractivity contribution in [1.82, 2.24) is 15.1 Å². The van der Waals surface area contributed by atoms with Crippen molar-refractivity contribution in [2.24, 2.45) is 0 Å². The van der Waals surface area contributed by atoms with Crippen molar-refractivity contribution in [1.29, 1.82) is 5.26 Å². The summed E-state index contributed by atoms with van der Waals surface area (Å²) in [6, 6.07) is 80.2. The van der Waals surface area contributed by atoms with Gasteiger partial charge in [0.05, 0.1) is 18.2 Å². The summed E-state index contributed by atoms with van der Waals surface area (Å²) in [6.07, 6.45) is 0.592. The van der Waals surface area contributed by atoms with Crippen LogP contribution in [0.5, 0.6) is 0 Å². The standard InChI is InChI=1S/C25H26N2O3.C24H25NO3.C18H21NO2.CH4O.Ac/c26-17-25(28)24(16-21-10-4-1-5-11-21)27(18-22-12-6-2-7-13-22)20-30-29-19-23-14-8-3-9-15-23;26-18-24(16-21-10-4-1-5-11-21)25(17-22-12-6-2-7-13-22)20-28-27-19-23-14-8-3-9-15-23;1-14(20)18(21)17(12-15-8-4-2-5-9-15)19-13-16-10-6-3-7-11-16;1-2;/h1-15,24-25,28H,16,18-20H2;1-15,18,24H,16-17,19-20H2;2-11,17-19,21H,12-13H2,1H3;2H,1H3;. The molecule has 0 bridgehead atoms. The van der Waals surface area contributed by atoms with Gasteiger partial charge in [0.25, 0.3) is 0 Å². The third-order valence-corrected chi connectivity index (χ3v) is 12.9. The van der Waals surface area contributed by atoms with Gasteiger partial charge in [-0.15, -0.1) is 0 Å². The number of nitrogens with zero attached hydrogens (tertiary/aromatic N) is 3. The van der Waals surface area contributed by atoms with E-state index in [-0.39, 0.29) is 75.4 Å². The molecule has 0 aliphatic carbocycles. The van der Waals surface area contributed by atoms with Gasteiger partial charge in [0, 0.05) is 76.8 Å². The fourth-order valence-electron chi connectivity index (χ4n) is 8.52. The predicted molar refractivity (Wildman–Crippen MR) is 316 cm³/mol. The fraction of sp³-hybridized carbons (Fsp3) is 0.250. The molecule has 0 aromatic heterocycles. The van der Waals surface area contributed by atoms with Crippen LogP contribution in [0.2, 0.25) is 0 Å². The Bertz CT molecular complexity index is 2900. The summed E-state index contributed by atoms with van der Waals surface area (Å²) in [6.45, 7) is 4.19. The number of hydrogen-bond donors (Lipinski definition) is 4. The van der Waals surface area contributed by atoms with E-state index in [1.54, 1.807) is 0 Å². The van der Waals surface area contributed by atoms with E-state index in [1.165, 1.54) is 6.92 Å². The van der Waals surface area contributed by atoms with Gasteiger partial charge in [-0.25, -0.2) is 19.6 Å². The van der Waals surface area contributed by atoms with Crippen LogP contribution in [0.15, 0.2) is 243 Å². The van der Waals surface area contributed by atoms with Crippen LogP contribution < -0.4 is 5.32 Å². The zero-order chi connectivity index (χ0) is 57.5. The molecule has 8 rings (SSSR count). The van der Waals surface area contributed by atoms with Crippen molar-refractivity contribution < 1.29 is 88.5 Å². The number of carbonyl (C=O) groups excluding carboxylic acids is 2. The van der Waals surface area contributed by atoms with Crippen molar-refractivity contribution in [3.63, 3.8) is 0 Å². The third-order valence-electron chi connectivity index (χ3n) is 12.9. The zero-order valence-corrected chi connectivity index (χ0v) is 51.6. The number of aldehydes is 1. The summed E-state index contributed by atoms with van der Waals surface area (Å²) in [5.41, 5.74) is 8.61. The van der Waals surface area contributed by atoms with E-state index in [9.17, 15) is 25.1 Å². The largest absolute Gasteiger partial charge is 0.400 e. The normalized spacial score (nSPS) is 12.4. The number of benzene rings is 8. The average Bonchev–Trinajstić information content (AvgIpc) is 3.53. The van der Waals surface area contributed by atoms with Gasteiger partial charge in [0.2, 0.25) is 0 Å². The number of nitriles is 1. The molecule has 5 atom stereocenters. The van der Waals surface area contributed by atoms with Gasteiger partial charge in [-0.05, 0) is 70.7 Å². The van der Waals surface area contributed by atoms with Gasteiger partial charge < -0.3 is 25.4 Å². The van der Waals surface area contributed by atoms with Crippen LogP contribution in [0.3, 0.4) is 0 Å². The first-order valence-electron chi connectivity index (χ1n) is 27.0. The molecular weight excluding hydrogens is 1240 g/mol. The quantitative estimate of drug-likeness (QED) is 0.00872. The molecule has 0 saturated carbocycles. The first-order chi connectivity index (χ1) is 39.8. The summed E-state index contributed by atoms with van der Waals surface area (Å²) in [5.74, 6) is -0.212. The Labute approximate surface area is 520 Å². The molecule has 5 unspecified atom stereocenters. The Morgan fingerprint density at radius 2 is 0.817 bits per heavy atom. The van der Waals surface area contributed by atoms with E-state index in [4.69, 9.17) is 24.7 Å². The number of aliphatic hydroxyl groups is 3. The Kier molecular flexibility index (Phi) is 34.6. The molecule has 8 aromatic rings. The van der Waals surface area contributed by atoms with Crippen LogP contribution >= 0.6 is 0 Å². The van der Waals surface area contributed by atoms with E-state index in [0.717, 1.165) is 57.9 Å². The first-order valence-corrected chi connectivity index (χ1v) is 27.0. The second-order valence-electron chi connectivity index (χ2n) is 18.9. The van der Waals surface area contributed by atoms with Crippen LogP contribution in [0.1, 0.15) is 51.4 Å². The number of hydrogen-bond acceptors (Lipinski definition) is 13. The van der Waals surface area contributed by atoms with Gasteiger partial charge in [0.15, 0.2) is 11.9 Å². The predicted octanol–water partition coefficient (Wildman–Crippen LogP) is 10.4. The second kappa shape index (κ2) is 41.6. The van der Waals surface area contributed by atoms with Gasteiger partial charge in [-0.2, -0.15) is 5.26 Å². The fourth-order valence-corrected chi connectivity index (χ4v) is 8.52. The van der Waals surface area contributed by atoms with Crippen molar-refractivity contribution in [3.05, 3.63) is 287 Å². The Morgan fingerprint density at radius 1 is 0.488 bits per heavy atom. The minimum atomic E-state index is -1.16. The summed E-state index contributed by atoms with van der Waals surface area (Å²) >= 11 is 0. The van der Waals surface area contributed by atoms with Crippen LogP contribution in [-0.4, -0.2) is 88.1 Å². The number of nitrogens with one attached hydrogen (secondary N) is 1. The number of aliphatic hydroxyl groups excluding tert-OH is 3. The monoisotopic (exact) mass is 1320 g/mol. The van der Waals surface area contributed by atoms with E-state index < -0.39 is 18.2 Å². The molecule has 1 radical (unpaired) electrons. The third kappa shape index (κ3) is 26.7. The molecular formula is C68H76AcN4O9. The summed E-state index contributed by atoms with van der Waals surface area (Å²) in [5, 5.41) is 40.3. The van der Waals surface area contributed by atoms with Crippen LogP contribution in [0, 0.1) is 55.4 Å². The van der Waals surface area contributed by atoms with Gasteiger partial charge in [-0.1, -0.05) is 243 Å².